The Hall–Kier alpha value is -1.68. The third-order valence-corrected chi connectivity index (χ3v) is 1.98. The predicted molar refractivity (Wildman–Crippen MR) is 54.7 cm³/mol. The molecule has 0 aliphatic carbocycles. The van der Waals surface area contributed by atoms with E-state index in [9.17, 15) is 0 Å². The minimum Gasteiger partial charge on any atom is -0.397 e. The van der Waals surface area contributed by atoms with Gasteiger partial charge in [0.2, 0.25) is 0 Å². The highest BCUT2D eigenvalue weighted by Crippen LogP contribution is 2.25. The Labute approximate surface area is 85.8 Å². The Morgan fingerprint density at radius 1 is 1.14 bits per heavy atom. The summed E-state index contributed by atoms with van der Waals surface area (Å²) in [7, 11) is 0. The van der Waals surface area contributed by atoms with Crippen LogP contribution in [0, 0.1) is 0 Å². The van der Waals surface area contributed by atoms with Gasteiger partial charge < -0.3 is 5.73 Å². The van der Waals surface area contributed by atoms with Gasteiger partial charge in [-0.3, -0.25) is 4.98 Å². The molecule has 0 bridgehead atoms. The zero-order valence-electron chi connectivity index (χ0n) is 7.18. The van der Waals surface area contributed by atoms with E-state index in [-0.39, 0.29) is 0 Å². The molecule has 4 nitrogen and oxygen atoms in total. The molecule has 0 amide bonds. The first-order chi connectivity index (χ1) is 6.77. The molecule has 2 aromatic rings. The van der Waals surface area contributed by atoms with Gasteiger partial charge in [0.1, 0.15) is 6.33 Å². The highest BCUT2D eigenvalue weighted by molar-refractivity contribution is 6.33. The molecule has 0 unspecified atom stereocenters. The summed E-state index contributed by atoms with van der Waals surface area (Å²) in [5, 5.41) is 0.500. The van der Waals surface area contributed by atoms with E-state index in [0.29, 0.717) is 16.4 Å². The maximum Gasteiger partial charge on any atom is 0.115 e. The van der Waals surface area contributed by atoms with Crippen molar-refractivity contribution in [3.8, 4) is 11.3 Å². The van der Waals surface area contributed by atoms with E-state index in [1.807, 2.05) is 0 Å². The minimum absolute atomic E-state index is 0.500. The van der Waals surface area contributed by atoms with Crippen molar-refractivity contribution in [1.29, 1.82) is 0 Å². The summed E-state index contributed by atoms with van der Waals surface area (Å²) < 4.78 is 0. The molecule has 0 fully saturated rings. The second-order valence-corrected chi connectivity index (χ2v) is 3.13. The van der Waals surface area contributed by atoms with Crippen molar-refractivity contribution in [2.24, 2.45) is 0 Å². The topological polar surface area (TPSA) is 64.7 Å². The molecular formula is C9H7ClN4. The number of halogens is 1. The van der Waals surface area contributed by atoms with Gasteiger partial charge >= 0.3 is 0 Å². The van der Waals surface area contributed by atoms with Gasteiger partial charge in [-0.2, -0.15) is 0 Å². The molecule has 2 rings (SSSR count). The highest BCUT2D eigenvalue weighted by atomic mass is 35.5. The molecule has 0 saturated carbocycles. The molecule has 5 heteroatoms. The van der Waals surface area contributed by atoms with Gasteiger partial charge in [-0.1, -0.05) is 11.6 Å². The minimum atomic E-state index is 0.500. The number of nitrogens with zero attached hydrogens (tertiary/aromatic N) is 3. The average molecular weight is 207 g/mol. The molecule has 0 atom stereocenters. The van der Waals surface area contributed by atoms with E-state index >= 15 is 0 Å². The zero-order valence-corrected chi connectivity index (χ0v) is 7.94. The van der Waals surface area contributed by atoms with Crippen LogP contribution in [0.25, 0.3) is 11.3 Å². The summed E-state index contributed by atoms with van der Waals surface area (Å²) in [6.45, 7) is 0. The van der Waals surface area contributed by atoms with Crippen molar-refractivity contribution < 1.29 is 0 Å². The number of nitrogens with two attached hydrogens (primary N) is 1. The number of pyridine rings is 1. The van der Waals surface area contributed by atoms with Crippen LogP contribution in [-0.4, -0.2) is 15.0 Å². The second-order valence-electron chi connectivity index (χ2n) is 2.73. The molecule has 2 N–H and O–H groups in total. The lowest BCUT2D eigenvalue weighted by Crippen LogP contribution is -1.91. The summed E-state index contributed by atoms with van der Waals surface area (Å²) in [5.74, 6) is 0. The van der Waals surface area contributed by atoms with Crippen molar-refractivity contribution in [2.45, 2.75) is 0 Å². The normalized spacial score (nSPS) is 10.1. The fourth-order valence-corrected chi connectivity index (χ4v) is 1.37. The van der Waals surface area contributed by atoms with Crippen LogP contribution >= 0.6 is 11.6 Å². The first kappa shape index (κ1) is 8.90. The van der Waals surface area contributed by atoms with E-state index in [1.165, 1.54) is 6.33 Å². The molecule has 0 radical (unpaired) electrons. The summed E-state index contributed by atoms with van der Waals surface area (Å²) >= 11 is 5.97. The Bertz CT molecular complexity index is 444. The first-order valence-corrected chi connectivity index (χ1v) is 4.31. The van der Waals surface area contributed by atoms with Gasteiger partial charge in [0, 0.05) is 18.0 Å². The third kappa shape index (κ3) is 1.65. The predicted octanol–water partition coefficient (Wildman–Crippen LogP) is 1.77. The number of nitrogen functional groups attached to an aromatic ring is 1. The molecule has 0 aromatic carbocycles. The summed E-state index contributed by atoms with van der Waals surface area (Å²) in [6, 6.07) is 1.65. The quantitative estimate of drug-likeness (QED) is 0.773. The number of anilines is 1. The van der Waals surface area contributed by atoms with Gasteiger partial charge in [0.25, 0.3) is 0 Å². The Kier molecular flexibility index (Phi) is 2.28. The van der Waals surface area contributed by atoms with Gasteiger partial charge in [-0.15, -0.1) is 0 Å². The van der Waals surface area contributed by atoms with E-state index < -0.39 is 0 Å². The van der Waals surface area contributed by atoms with Gasteiger partial charge in [-0.05, 0) is 6.07 Å². The van der Waals surface area contributed by atoms with Crippen LogP contribution in [0.1, 0.15) is 0 Å². The van der Waals surface area contributed by atoms with E-state index in [4.69, 9.17) is 17.3 Å². The fraction of sp³-hybridized carbons (Fsp3) is 0. The Morgan fingerprint density at radius 3 is 2.50 bits per heavy atom. The van der Waals surface area contributed by atoms with Crippen LogP contribution in [-0.2, 0) is 0 Å². The lowest BCUT2D eigenvalue weighted by Gasteiger charge is -2.02. The van der Waals surface area contributed by atoms with Gasteiger partial charge in [0.05, 0.1) is 22.6 Å². The van der Waals surface area contributed by atoms with Crippen LogP contribution in [0.4, 0.5) is 5.69 Å². The third-order valence-electron chi connectivity index (χ3n) is 1.70. The van der Waals surface area contributed by atoms with Crippen molar-refractivity contribution >= 4 is 17.3 Å². The summed E-state index contributed by atoms with van der Waals surface area (Å²) in [4.78, 5) is 11.9. The number of rotatable bonds is 1. The van der Waals surface area contributed by atoms with E-state index in [2.05, 4.69) is 15.0 Å². The van der Waals surface area contributed by atoms with Crippen LogP contribution in [0.5, 0.6) is 0 Å². The highest BCUT2D eigenvalue weighted by Gasteiger charge is 2.05. The number of hydrogen-bond donors (Lipinski definition) is 1. The first-order valence-electron chi connectivity index (χ1n) is 3.94. The van der Waals surface area contributed by atoms with E-state index in [1.54, 1.807) is 24.7 Å². The molecule has 0 aliphatic rings. The zero-order chi connectivity index (χ0) is 9.97. The van der Waals surface area contributed by atoms with Crippen LogP contribution in [0.15, 0.2) is 31.0 Å². The maximum absolute atomic E-state index is 5.97. The summed E-state index contributed by atoms with van der Waals surface area (Å²) in [5.41, 5.74) is 7.48. The lowest BCUT2D eigenvalue weighted by atomic mass is 10.2. The van der Waals surface area contributed by atoms with Crippen molar-refractivity contribution in [3.63, 3.8) is 0 Å². The molecule has 0 aliphatic heterocycles. The molecule has 0 saturated heterocycles. The Morgan fingerprint density at radius 2 is 1.86 bits per heavy atom. The molecule has 0 spiro atoms. The van der Waals surface area contributed by atoms with Crippen LogP contribution in [0.2, 0.25) is 5.02 Å². The molecule has 14 heavy (non-hydrogen) atoms. The smallest absolute Gasteiger partial charge is 0.115 e. The molecule has 2 aromatic heterocycles. The van der Waals surface area contributed by atoms with Crippen molar-refractivity contribution in [2.75, 3.05) is 5.73 Å². The number of hydrogen-bond acceptors (Lipinski definition) is 4. The largest absolute Gasteiger partial charge is 0.397 e. The monoisotopic (exact) mass is 206 g/mol. The van der Waals surface area contributed by atoms with E-state index in [0.717, 1.165) is 5.56 Å². The van der Waals surface area contributed by atoms with Crippen LogP contribution < -0.4 is 5.73 Å². The molecule has 2 heterocycles. The number of aromatic nitrogens is 3. The second kappa shape index (κ2) is 3.59. The molecule has 70 valence electrons. The van der Waals surface area contributed by atoms with Crippen LogP contribution in [0.3, 0.4) is 0 Å². The fourth-order valence-electron chi connectivity index (χ4n) is 1.09. The summed E-state index contributed by atoms with van der Waals surface area (Å²) in [6.07, 6.45) is 6.30. The SMILES string of the molecule is Nc1cnc(-c2cncnc2)c(Cl)c1. The Balaban J connectivity index is 2.53. The standard InChI is InChI=1S/C9H7ClN4/c10-8-1-7(11)4-14-9(8)6-2-12-5-13-3-6/h1-5H,11H2. The maximum atomic E-state index is 5.97. The lowest BCUT2D eigenvalue weighted by molar-refractivity contribution is 1.16. The average Bonchev–Trinajstić information content (AvgIpc) is 2.19. The van der Waals surface area contributed by atoms with Gasteiger partial charge in [-0.25, -0.2) is 9.97 Å². The van der Waals surface area contributed by atoms with Gasteiger partial charge in [0.15, 0.2) is 0 Å². The molecular weight excluding hydrogens is 200 g/mol. The van der Waals surface area contributed by atoms with Crippen molar-refractivity contribution in [3.05, 3.63) is 36.0 Å². The van der Waals surface area contributed by atoms with Crippen molar-refractivity contribution in [1.82, 2.24) is 15.0 Å².